The molecule has 0 fully saturated rings. The van der Waals surface area contributed by atoms with Gasteiger partial charge in [-0.1, -0.05) is 70.0 Å². The van der Waals surface area contributed by atoms with Crippen LogP contribution in [0.4, 0.5) is 0 Å². The van der Waals surface area contributed by atoms with E-state index < -0.39 is 0 Å². The zero-order valence-electron chi connectivity index (χ0n) is 12.6. The molecule has 0 aliphatic carbocycles. The van der Waals surface area contributed by atoms with E-state index in [4.69, 9.17) is 0 Å². The summed E-state index contributed by atoms with van der Waals surface area (Å²) in [5.74, 6) is 0. The van der Waals surface area contributed by atoms with Gasteiger partial charge in [0.05, 0.1) is 0 Å². The van der Waals surface area contributed by atoms with Crippen molar-refractivity contribution < 1.29 is 0 Å². The molecule has 0 aliphatic rings. The van der Waals surface area contributed by atoms with Crippen LogP contribution in [0.2, 0.25) is 0 Å². The molecular weight excluding hydrogens is 400 g/mol. The second-order valence-electron chi connectivity index (χ2n) is 5.81. The largest absolute Gasteiger partial charge is 0.0613 e. The molecule has 0 saturated carbocycles. The molecule has 0 aromatic heterocycles. The maximum absolute atomic E-state index is 3.78. The van der Waals surface area contributed by atoms with E-state index in [1.54, 1.807) is 0 Å². The first kappa shape index (κ1) is 14.5. The van der Waals surface area contributed by atoms with Crippen LogP contribution < -0.4 is 0 Å². The minimum Gasteiger partial charge on any atom is -0.0613 e. The lowest BCUT2D eigenvalue weighted by molar-refractivity contribution is 1.15. The first-order chi connectivity index (χ1) is 10.7. The van der Waals surface area contributed by atoms with Gasteiger partial charge in [0, 0.05) is 8.95 Å². The molecule has 0 atom stereocenters. The van der Waals surface area contributed by atoms with Crippen molar-refractivity contribution in [2.75, 3.05) is 0 Å². The van der Waals surface area contributed by atoms with Crippen molar-refractivity contribution in [1.82, 2.24) is 0 Å². The molecule has 0 N–H and O–H groups in total. The zero-order valence-corrected chi connectivity index (χ0v) is 15.8. The maximum atomic E-state index is 3.78. The quantitative estimate of drug-likeness (QED) is 0.303. The average molecular weight is 416 g/mol. The maximum Gasteiger partial charge on any atom is 0.0257 e. The minimum atomic E-state index is 1.05. The second-order valence-corrected chi connectivity index (χ2v) is 7.52. The van der Waals surface area contributed by atoms with Crippen LogP contribution in [0.5, 0.6) is 0 Å². The highest BCUT2D eigenvalue weighted by molar-refractivity contribution is 9.11. The molecule has 4 rings (SSSR count). The topological polar surface area (TPSA) is 0 Å². The molecule has 0 spiro atoms. The fourth-order valence-electron chi connectivity index (χ4n) is 3.63. The molecule has 2 heteroatoms. The fraction of sp³-hybridized carbons (Fsp3) is 0.200. The lowest BCUT2D eigenvalue weighted by Gasteiger charge is -2.17. The van der Waals surface area contributed by atoms with E-state index in [9.17, 15) is 0 Å². The SMILES string of the molecule is CCc1cc(Br)c2ccc3c(Br)cc(CC)c4ccc1c2c34. The van der Waals surface area contributed by atoms with Crippen LogP contribution in [0.15, 0.2) is 45.3 Å². The number of hydrogen-bond acceptors (Lipinski definition) is 0. The summed E-state index contributed by atoms with van der Waals surface area (Å²) >= 11 is 7.55. The third-order valence-electron chi connectivity index (χ3n) is 4.73. The molecule has 0 aliphatic heterocycles. The summed E-state index contributed by atoms with van der Waals surface area (Å²) < 4.78 is 2.40. The van der Waals surface area contributed by atoms with Crippen molar-refractivity contribution in [2.24, 2.45) is 0 Å². The smallest absolute Gasteiger partial charge is 0.0257 e. The van der Waals surface area contributed by atoms with Crippen molar-refractivity contribution in [1.29, 1.82) is 0 Å². The molecule has 110 valence electrons. The molecule has 0 nitrogen and oxygen atoms in total. The third-order valence-corrected chi connectivity index (χ3v) is 6.04. The molecule has 22 heavy (non-hydrogen) atoms. The van der Waals surface area contributed by atoms with Crippen LogP contribution in [0.3, 0.4) is 0 Å². The highest BCUT2D eigenvalue weighted by atomic mass is 79.9. The molecule has 0 bridgehead atoms. The van der Waals surface area contributed by atoms with Crippen LogP contribution in [-0.2, 0) is 12.8 Å². The van der Waals surface area contributed by atoms with Gasteiger partial charge < -0.3 is 0 Å². The van der Waals surface area contributed by atoms with Crippen molar-refractivity contribution >= 4 is 64.2 Å². The Bertz CT molecular complexity index is 932. The fourth-order valence-corrected chi connectivity index (χ4v) is 4.84. The molecule has 0 unspecified atom stereocenters. The minimum absolute atomic E-state index is 1.05. The van der Waals surface area contributed by atoms with Gasteiger partial charge in [-0.15, -0.1) is 0 Å². The molecule has 0 heterocycles. The first-order valence-electron chi connectivity index (χ1n) is 7.73. The van der Waals surface area contributed by atoms with Gasteiger partial charge in [-0.25, -0.2) is 0 Å². The normalized spacial score (nSPS) is 12.0. The van der Waals surface area contributed by atoms with E-state index in [0.717, 1.165) is 12.8 Å². The van der Waals surface area contributed by atoms with Gasteiger partial charge in [-0.05, 0) is 68.4 Å². The Morgan fingerprint density at radius 2 is 1.00 bits per heavy atom. The Labute approximate surface area is 147 Å². The Balaban J connectivity index is 2.38. The number of hydrogen-bond donors (Lipinski definition) is 0. The average Bonchev–Trinajstić information content (AvgIpc) is 2.55. The summed E-state index contributed by atoms with van der Waals surface area (Å²) in [6, 6.07) is 13.6. The number of aryl methyl sites for hydroxylation is 2. The van der Waals surface area contributed by atoms with E-state index >= 15 is 0 Å². The van der Waals surface area contributed by atoms with E-state index in [1.165, 1.54) is 52.4 Å². The van der Waals surface area contributed by atoms with E-state index in [1.807, 2.05) is 0 Å². The van der Waals surface area contributed by atoms with Crippen molar-refractivity contribution in [2.45, 2.75) is 26.7 Å². The number of benzene rings is 4. The van der Waals surface area contributed by atoms with Crippen LogP contribution in [0, 0.1) is 0 Å². The van der Waals surface area contributed by atoms with Gasteiger partial charge in [0.25, 0.3) is 0 Å². The van der Waals surface area contributed by atoms with Crippen LogP contribution in [0.1, 0.15) is 25.0 Å². The third kappa shape index (κ3) is 1.87. The van der Waals surface area contributed by atoms with Crippen LogP contribution in [-0.4, -0.2) is 0 Å². The monoisotopic (exact) mass is 414 g/mol. The van der Waals surface area contributed by atoms with Crippen molar-refractivity contribution in [3.63, 3.8) is 0 Å². The van der Waals surface area contributed by atoms with E-state index in [-0.39, 0.29) is 0 Å². The summed E-state index contributed by atoms with van der Waals surface area (Å²) in [6.07, 6.45) is 2.10. The molecule has 0 amide bonds. The number of rotatable bonds is 2. The molecule has 0 radical (unpaired) electrons. The Kier molecular flexibility index (Phi) is 3.43. The summed E-state index contributed by atoms with van der Waals surface area (Å²) in [5, 5.41) is 8.20. The Hall–Kier alpha value is -1.12. The predicted octanol–water partition coefficient (Wildman–Crippen LogP) is 7.23. The van der Waals surface area contributed by atoms with Gasteiger partial charge in [0.1, 0.15) is 0 Å². The summed E-state index contributed by atoms with van der Waals surface area (Å²) in [6.45, 7) is 4.46. The van der Waals surface area contributed by atoms with Crippen LogP contribution >= 0.6 is 31.9 Å². The summed E-state index contributed by atoms with van der Waals surface area (Å²) in [4.78, 5) is 0. The van der Waals surface area contributed by atoms with Gasteiger partial charge >= 0.3 is 0 Å². The van der Waals surface area contributed by atoms with Gasteiger partial charge in [-0.3, -0.25) is 0 Å². The Morgan fingerprint density at radius 3 is 1.36 bits per heavy atom. The van der Waals surface area contributed by atoms with Crippen LogP contribution in [0.25, 0.3) is 32.3 Å². The van der Waals surface area contributed by atoms with E-state index in [0.29, 0.717) is 0 Å². The zero-order chi connectivity index (χ0) is 15.4. The standard InChI is InChI=1S/C20H16Br2/c1-3-11-9-17(21)15-7-8-16-18(22)10-12(4-2)14-6-5-13(11)19(15)20(14)16/h5-10H,3-4H2,1-2H3. The summed E-state index contributed by atoms with van der Waals surface area (Å²) in [7, 11) is 0. The highest BCUT2D eigenvalue weighted by Gasteiger charge is 2.15. The Morgan fingerprint density at radius 1 is 0.636 bits per heavy atom. The second kappa shape index (κ2) is 5.21. The summed E-state index contributed by atoms with van der Waals surface area (Å²) in [5.41, 5.74) is 2.82. The molecular formula is C20H16Br2. The number of halogens is 2. The predicted molar refractivity (Wildman–Crippen MR) is 104 cm³/mol. The van der Waals surface area contributed by atoms with Crippen molar-refractivity contribution in [3.8, 4) is 0 Å². The van der Waals surface area contributed by atoms with E-state index in [2.05, 4.69) is 82.1 Å². The van der Waals surface area contributed by atoms with Gasteiger partial charge in [-0.2, -0.15) is 0 Å². The molecule has 0 saturated heterocycles. The first-order valence-corrected chi connectivity index (χ1v) is 9.31. The molecule has 4 aromatic carbocycles. The van der Waals surface area contributed by atoms with Gasteiger partial charge in [0.2, 0.25) is 0 Å². The van der Waals surface area contributed by atoms with Crippen molar-refractivity contribution in [3.05, 3.63) is 56.5 Å². The van der Waals surface area contributed by atoms with Gasteiger partial charge in [0.15, 0.2) is 0 Å². The lowest BCUT2D eigenvalue weighted by Crippen LogP contribution is -1.93. The lowest BCUT2D eigenvalue weighted by atomic mass is 9.89. The molecule has 4 aromatic rings. The highest BCUT2D eigenvalue weighted by Crippen LogP contribution is 2.42.